The predicted octanol–water partition coefficient (Wildman–Crippen LogP) is 3.50. The molecule has 0 saturated heterocycles. The van der Waals surface area contributed by atoms with Gasteiger partial charge in [-0.25, -0.2) is 0 Å². The summed E-state index contributed by atoms with van der Waals surface area (Å²) in [5.74, 6) is 0.455. The summed E-state index contributed by atoms with van der Waals surface area (Å²) in [6, 6.07) is 3.21. The van der Waals surface area contributed by atoms with Crippen molar-refractivity contribution in [2.24, 2.45) is 0 Å². The highest BCUT2D eigenvalue weighted by molar-refractivity contribution is 5.43. The number of hydrogen-bond donors (Lipinski definition) is 0. The monoisotopic (exact) mass is 234 g/mol. The Balaban J connectivity index is 3.06. The molecule has 0 radical (unpaired) electrons. The van der Waals surface area contributed by atoms with Crippen LogP contribution in [0.5, 0.6) is 11.5 Å². The summed E-state index contributed by atoms with van der Waals surface area (Å²) in [5, 5.41) is 0. The SMILES string of the molecule is CCOc1ccc(C(F)(F)F)cc1OCC. The lowest BCUT2D eigenvalue weighted by Crippen LogP contribution is -2.06. The quantitative estimate of drug-likeness (QED) is 0.793. The second-order valence-electron chi connectivity index (χ2n) is 3.03. The van der Waals surface area contributed by atoms with E-state index >= 15 is 0 Å². The standard InChI is InChI=1S/C11H13F3O2/c1-3-15-9-6-5-8(11(12,13)14)7-10(9)16-4-2/h5-7H,3-4H2,1-2H3. The number of hydrogen-bond acceptors (Lipinski definition) is 2. The van der Waals surface area contributed by atoms with Crippen LogP contribution in [0.2, 0.25) is 0 Å². The van der Waals surface area contributed by atoms with E-state index in [1.165, 1.54) is 6.07 Å². The molecule has 0 bridgehead atoms. The minimum absolute atomic E-state index is 0.124. The molecular formula is C11H13F3O2. The molecule has 16 heavy (non-hydrogen) atoms. The topological polar surface area (TPSA) is 18.5 Å². The first-order chi connectivity index (χ1) is 7.49. The van der Waals surface area contributed by atoms with Gasteiger partial charge in [0.05, 0.1) is 18.8 Å². The summed E-state index contributed by atoms with van der Waals surface area (Å²) in [6.45, 7) is 4.14. The maximum atomic E-state index is 12.4. The largest absolute Gasteiger partial charge is 0.490 e. The molecule has 0 atom stereocenters. The van der Waals surface area contributed by atoms with Crippen LogP contribution in [-0.4, -0.2) is 13.2 Å². The molecule has 0 aliphatic carbocycles. The molecule has 5 heteroatoms. The summed E-state index contributed by atoms with van der Waals surface area (Å²) in [6.07, 6.45) is -4.36. The minimum Gasteiger partial charge on any atom is -0.490 e. The van der Waals surface area contributed by atoms with Crippen LogP contribution >= 0.6 is 0 Å². The second kappa shape index (κ2) is 5.09. The van der Waals surface area contributed by atoms with Crippen LogP contribution in [0.1, 0.15) is 19.4 Å². The van der Waals surface area contributed by atoms with Gasteiger partial charge in [0.2, 0.25) is 0 Å². The molecule has 0 fully saturated rings. The van der Waals surface area contributed by atoms with Gasteiger partial charge in [-0.05, 0) is 32.0 Å². The smallest absolute Gasteiger partial charge is 0.416 e. The zero-order valence-corrected chi connectivity index (χ0v) is 9.10. The van der Waals surface area contributed by atoms with Crippen LogP contribution in [0.4, 0.5) is 13.2 Å². The molecule has 0 saturated carbocycles. The highest BCUT2D eigenvalue weighted by atomic mass is 19.4. The predicted molar refractivity (Wildman–Crippen MR) is 53.8 cm³/mol. The van der Waals surface area contributed by atoms with Crippen LogP contribution in [-0.2, 0) is 6.18 Å². The van der Waals surface area contributed by atoms with Crippen molar-refractivity contribution in [1.82, 2.24) is 0 Å². The molecule has 2 nitrogen and oxygen atoms in total. The van der Waals surface area contributed by atoms with E-state index in [2.05, 4.69) is 0 Å². The molecule has 0 aromatic heterocycles. The van der Waals surface area contributed by atoms with Crippen LogP contribution < -0.4 is 9.47 Å². The van der Waals surface area contributed by atoms with Crippen molar-refractivity contribution >= 4 is 0 Å². The van der Waals surface area contributed by atoms with Crippen molar-refractivity contribution in [1.29, 1.82) is 0 Å². The van der Waals surface area contributed by atoms with E-state index in [4.69, 9.17) is 9.47 Å². The average Bonchev–Trinajstić information content (AvgIpc) is 2.19. The molecule has 1 aromatic rings. The fraction of sp³-hybridized carbons (Fsp3) is 0.455. The van der Waals surface area contributed by atoms with E-state index in [1.54, 1.807) is 13.8 Å². The van der Waals surface area contributed by atoms with Crippen LogP contribution in [0.25, 0.3) is 0 Å². The first kappa shape index (κ1) is 12.7. The Bertz CT molecular complexity index is 348. The fourth-order valence-electron chi connectivity index (χ4n) is 1.23. The summed E-state index contributed by atoms with van der Waals surface area (Å²) in [5.41, 5.74) is -0.737. The van der Waals surface area contributed by atoms with E-state index in [9.17, 15) is 13.2 Å². The van der Waals surface area contributed by atoms with Gasteiger partial charge in [0.1, 0.15) is 0 Å². The average molecular weight is 234 g/mol. The third kappa shape index (κ3) is 3.05. The van der Waals surface area contributed by atoms with Gasteiger partial charge in [0.15, 0.2) is 11.5 Å². The third-order valence-electron chi connectivity index (χ3n) is 1.87. The first-order valence-corrected chi connectivity index (χ1v) is 4.95. The van der Waals surface area contributed by atoms with Crippen LogP contribution in [0, 0.1) is 0 Å². The summed E-state index contributed by atoms with van der Waals surface area (Å²) < 4.78 is 47.6. The number of rotatable bonds is 4. The molecule has 0 aliphatic heterocycles. The molecule has 0 heterocycles. The van der Waals surface area contributed by atoms with Crippen molar-refractivity contribution in [3.05, 3.63) is 23.8 Å². The van der Waals surface area contributed by atoms with E-state index in [-0.39, 0.29) is 5.75 Å². The Labute approximate surface area is 92.0 Å². The van der Waals surface area contributed by atoms with Gasteiger partial charge in [-0.15, -0.1) is 0 Å². The van der Waals surface area contributed by atoms with Crippen molar-refractivity contribution < 1.29 is 22.6 Å². The second-order valence-corrected chi connectivity index (χ2v) is 3.03. The zero-order valence-electron chi connectivity index (χ0n) is 9.10. The fourth-order valence-corrected chi connectivity index (χ4v) is 1.23. The Morgan fingerprint density at radius 3 is 2.06 bits per heavy atom. The van der Waals surface area contributed by atoms with E-state index in [0.717, 1.165) is 12.1 Å². The number of alkyl halides is 3. The van der Waals surface area contributed by atoms with Crippen molar-refractivity contribution in [2.75, 3.05) is 13.2 Å². The molecule has 0 spiro atoms. The first-order valence-electron chi connectivity index (χ1n) is 4.95. The normalized spacial score (nSPS) is 11.3. The van der Waals surface area contributed by atoms with Gasteiger partial charge >= 0.3 is 6.18 Å². The van der Waals surface area contributed by atoms with Gasteiger partial charge < -0.3 is 9.47 Å². The molecule has 0 unspecified atom stereocenters. The Hall–Kier alpha value is -1.39. The number of benzene rings is 1. The van der Waals surface area contributed by atoms with E-state index in [1.807, 2.05) is 0 Å². The molecular weight excluding hydrogens is 221 g/mol. The van der Waals surface area contributed by atoms with Crippen LogP contribution in [0.3, 0.4) is 0 Å². The van der Waals surface area contributed by atoms with Crippen molar-refractivity contribution in [3.63, 3.8) is 0 Å². The zero-order chi connectivity index (χ0) is 12.2. The van der Waals surface area contributed by atoms with E-state index in [0.29, 0.717) is 19.0 Å². The summed E-state index contributed by atoms with van der Waals surface area (Å²) >= 11 is 0. The Kier molecular flexibility index (Phi) is 4.04. The molecule has 0 amide bonds. The number of halogens is 3. The molecule has 0 N–H and O–H groups in total. The highest BCUT2D eigenvalue weighted by Gasteiger charge is 2.31. The van der Waals surface area contributed by atoms with Gasteiger partial charge in [0, 0.05) is 0 Å². The molecule has 0 aliphatic rings. The van der Waals surface area contributed by atoms with Crippen molar-refractivity contribution in [2.45, 2.75) is 20.0 Å². The lowest BCUT2D eigenvalue weighted by Gasteiger charge is -2.13. The number of ether oxygens (including phenoxy) is 2. The molecule has 90 valence electrons. The minimum atomic E-state index is -4.36. The van der Waals surface area contributed by atoms with Crippen LogP contribution in [0.15, 0.2) is 18.2 Å². The maximum Gasteiger partial charge on any atom is 0.416 e. The summed E-state index contributed by atoms with van der Waals surface area (Å²) in [4.78, 5) is 0. The van der Waals surface area contributed by atoms with Gasteiger partial charge in [-0.2, -0.15) is 13.2 Å². The Morgan fingerprint density at radius 1 is 1.00 bits per heavy atom. The Morgan fingerprint density at radius 2 is 1.56 bits per heavy atom. The van der Waals surface area contributed by atoms with Crippen molar-refractivity contribution in [3.8, 4) is 11.5 Å². The van der Waals surface area contributed by atoms with Gasteiger partial charge in [-0.3, -0.25) is 0 Å². The maximum absolute atomic E-state index is 12.4. The van der Waals surface area contributed by atoms with E-state index < -0.39 is 11.7 Å². The lowest BCUT2D eigenvalue weighted by molar-refractivity contribution is -0.137. The van der Waals surface area contributed by atoms with Gasteiger partial charge in [0.25, 0.3) is 0 Å². The third-order valence-corrected chi connectivity index (χ3v) is 1.87. The molecule has 1 aromatic carbocycles. The highest BCUT2D eigenvalue weighted by Crippen LogP contribution is 2.36. The summed E-state index contributed by atoms with van der Waals surface area (Å²) in [7, 11) is 0. The molecule has 1 rings (SSSR count). The lowest BCUT2D eigenvalue weighted by atomic mass is 10.2. The van der Waals surface area contributed by atoms with Gasteiger partial charge in [-0.1, -0.05) is 0 Å².